The Bertz CT molecular complexity index is 940. The molecule has 0 unspecified atom stereocenters. The van der Waals surface area contributed by atoms with Gasteiger partial charge < -0.3 is 32.1 Å². The van der Waals surface area contributed by atoms with Crippen molar-refractivity contribution in [2.24, 2.45) is 23.3 Å². The molecule has 0 saturated heterocycles. The number of aliphatic hydroxyl groups is 1. The SMILES string of the molecule is N[C@H](CO)c1ccc(Nc2ncc(F)c(N(CCNC(=O)C3CC3)C[C@@H]3C[C@@H]3N)n2)cn1. The van der Waals surface area contributed by atoms with Crippen molar-refractivity contribution in [1.82, 2.24) is 20.3 Å². The van der Waals surface area contributed by atoms with E-state index in [1.165, 1.54) is 0 Å². The molecule has 0 radical (unpaired) electrons. The number of aliphatic hydroxyl groups excluding tert-OH is 1. The van der Waals surface area contributed by atoms with Crippen molar-refractivity contribution < 1.29 is 14.3 Å². The Morgan fingerprint density at radius 1 is 1.31 bits per heavy atom. The summed E-state index contributed by atoms with van der Waals surface area (Å²) in [7, 11) is 0. The Balaban J connectivity index is 1.45. The van der Waals surface area contributed by atoms with E-state index >= 15 is 0 Å². The van der Waals surface area contributed by atoms with Gasteiger partial charge in [-0.2, -0.15) is 4.98 Å². The van der Waals surface area contributed by atoms with Gasteiger partial charge in [0, 0.05) is 31.6 Å². The summed E-state index contributed by atoms with van der Waals surface area (Å²) >= 11 is 0. The van der Waals surface area contributed by atoms with E-state index in [2.05, 4.69) is 25.6 Å². The van der Waals surface area contributed by atoms with Crippen LogP contribution in [-0.2, 0) is 4.79 Å². The van der Waals surface area contributed by atoms with E-state index in [1.807, 2.05) is 4.90 Å². The van der Waals surface area contributed by atoms with Gasteiger partial charge in [-0.3, -0.25) is 9.78 Å². The number of rotatable bonds is 11. The molecule has 2 aromatic heterocycles. The first kappa shape index (κ1) is 22.3. The van der Waals surface area contributed by atoms with Crippen molar-refractivity contribution in [3.63, 3.8) is 0 Å². The van der Waals surface area contributed by atoms with Crippen molar-refractivity contribution in [2.45, 2.75) is 31.3 Å². The first-order chi connectivity index (χ1) is 15.4. The van der Waals surface area contributed by atoms with Gasteiger partial charge in [0.05, 0.1) is 36.4 Å². The Morgan fingerprint density at radius 3 is 2.72 bits per heavy atom. The first-order valence-electron chi connectivity index (χ1n) is 10.8. The van der Waals surface area contributed by atoms with Crippen molar-refractivity contribution in [3.8, 4) is 0 Å². The van der Waals surface area contributed by atoms with Crippen molar-refractivity contribution in [3.05, 3.63) is 36.0 Å². The molecule has 0 spiro atoms. The molecule has 2 aliphatic rings. The Morgan fingerprint density at radius 2 is 2.09 bits per heavy atom. The van der Waals surface area contributed by atoms with Crippen molar-refractivity contribution >= 4 is 23.4 Å². The molecular formula is C21H29FN8O2. The molecule has 2 fully saturated rings. The zero-order chi connectivity index (χ0) is 22.7. The highest BCUT2D eigenvalue weighted by atomic mass is 19.1. The highest BCUT2D eigenvalue weighted by Gasteiger charge is 2.36. The standard InChI is InChI=1S/C21H29FN8O2/c22-15-9-27-21(28-14-3-4-18(26-8-14)17(24)11-31)29-19(15)30(10-13-7-16(13)23)6-5-25-20(32)12-1-2-12/h3-4,8-9,12-13,16-17,31H,1-2,5-7,10-11,23-24H2,(H,25,32)(H,27,28,29)/t13-,16-,17+/m0/s1. The van der Waals surface area contributed by atoms with E-state index in [4.69, 9.17) is 16.6 Å². The summed E-state index contributed by atoms with van der Waals surface area (Å²) in [6, 6.07) is 2.98. The van der Waals surface area contributed by atoms with Gasteiger partial charge in [0.15, 0.2) is 11.6 Å². The monoisotopic (exact) mass is 444 g/mol. The number of aromatic nitrogens is 3. The van der Waals surface area contributed by atoms with Crippen LogP contribution in [-0.4, -0.2) is 58.2 Å². The number of nitrogens with zero attached hydrogens (tertiary/aromatic N) is 4. The molecule has 3 atom stereocenters. The second kappa shape index (κ2) is 9.72. The van der Waals surface area contributed by atoms with E-state index in [0.717, 1.165) is 25.5 Å². The zero-order valence-corrected chi connectivity index (χ0v) is 17.7. The van der Waals surface area contributed by atoms with E-state index in [-0.39, 0.29) is 42.2 Å². The number of amides is 1. The molecule has 7 N–H and O–H groups in total. The topological polar surface area (TPSA) is 155 Å². The van der Waals surface area contributed by atoms with Crippen LogP contribution >= 0.6 is 0 Å². The number of halogens is 1. The highest BCUT2D eigenvalue weighted by Crippen LogP contribution is 2.31. The third-order valence-electron chi connectivity index (χ3n) is 5.71. The van der Waals surface area contributed by atoms with Crippen LogP contribution in [0.25, 0.3) is 0 Å². The molecule has 172 valence electrons. The molecule has 2 aliphatic carbocycles. The lowest BCUT2D eigenvalue weighted by atomic mass is 10.2. The second-order valence-electron chi connectivity index (χ2n) is 8.42. The molecule has 10 nitrogen and oxygen atoms in total. The average molecular weight is 445 g/mol. The molecule has 1 amide bonds. The van der Waals surface area contributed by atoms with Crippen molar-refractivity contribution in [2.75, 3.05) is 36.5 Å². The van der Waals surface area contributed by atoms with Crippen LogP contribution in [0.15, 0.2) is 24.5 Å². The number of nitrogens with two attached hydrogens (primary N) is 2. The number of hydrogen-bond donors (Lipinski definition) is 5. The van der Waals surface area contributed by atoms with Gasteiger partial charge in [-0.15, -0.1) is 0 Å². The maximum Gasteiger partial charge on any atom is 0.229 e. The molecule has 4 rings (SSSR count). The predicted molar refractivity (Wildman–Crippen MR) is 118 cm³/mol. The smallest absolute Gasteiger partial charge is 0.229 e. The molecule has 2 heterocycles. The number of carbonyl (C=O) groups excluding carboxylic acids is 1. The quantitative estimate of drug-likeness (QED) is 0.332. The van der Waals surface area contributed by atoms with Gasteiger partial charge in [-0.1, -0.05) is 0 Å². The molecule has 2 saturated carbocycles. The Kier molecular flexibility index (Phi) is 6.77. The summed E-state index contributed by atoms with van der Waals surface area (Å²) in [5, 5.41) is 15.1. The molecular weight excluding hydrogens is 415 g/mol. The van der Waals surface area contributed by atoms with Crippen LogP contribution in [0.1, 0.15) is 31.0 Å². The van der Waals surface area contributed by atoms with Crippen LogP contribution in [0, 0.1) is 17.7 Å². The third kappa shape index (κ3) is 5.67. The van der Waals surface area contributed by atoms with Crippen LogP contribution in [0.5, 0.6) is 0 Å². The van der Waals surface area contributed by atoms with Gasteiger partial charge >= 0.3 is 0 Å². The van der Waals surface area contributed by atoms with Gasteiger partial charge in [0.25, 0.3) is 0 Å². The number of pyridine rings is 1. The largest absolute Gasteiger partial charge is 0.394 e. The summed E-state index contributed by atoms with van der Waals surface area (Å²) in [5.41, 5.74) is 12.9. The number of anilines is 3. The highest BCUT2D eigenvalue weighted by molar-refractivity contribution is 5.80. The van der Waals surface area contributed by atoms with Crippen LogP contribution in [0.2, 0.25) is 0 Å². The van der Waals surface area contributed by atoms with Crippen LogP contribution in [0.4, 0.5) is 21.8 Å². The predicted octanol–water partition coefficient (Wildman–Crippen LogP) is 0.426. The van der Waals surface area contributed by atoms with E-state index in [0.29, 0.717) is 31.0 Å². The minimum atomic E-state index is -0.555. The lowest BCUT2D eigenvalue weighted by Gasteiger charge is -2.24. The number of nitrogens with one attached hydrogen (secondary N) is 2. The minimum Gasteiger partial charge on any atom is -0.394 e. The number of carbonyl (C=O) groups is 1. The maximum atomic E-state index is 14.7. The summed E-state index contributed by atoms with van der Waals surface area (Å²) in [6.07, 6.45) is 5.42. The fourth-order valence-electron chi connectivity index (χ4n) is 3.41. The minimum absolute atomic E-state index is 0.0513. The summed E-state index contributed by atoms with van der Waals surface area (Å²) in [5.74, 6) is 0.283. The lowest BCUT2D eigenvalue weighted by molar-refractivity contribution is -0.122. The molecule has 32 heavy (non-hydrogen) atoms. The van der Waals surface area contributed by atoms with Gasteiger partial charge in [-0.05, 0) is 37.3 Å². The molecule has 2 aromatic rings. The number of hydrogen-bond acceptors (Lipinski definition) is 9. The average Bonchev–Trinajstić information content (AvgIpc) is 3.72. The lowest BCUT2D eigenvalue weighted by Crippen LogP contribution is -2.38. The van der Waals surface area contributed by atoms with Gasteiger partial charge in [0.2, 0.25) is 11.9 Å². The molecule has 0 aliphatic heterocycles. The van der Waals surface area contributed by atoms with E-state index in [1.54, 1.807) is 18.3 Å². The van der Waals surface area contributed by atoms with Crippen LogP contribution in [0.3, 0.4) is 0 Å². The fraction of sp³-hybridized carbons (Fsp3) is 0.524. The van der Waals surface area contributed by atoms with Gasteiger partial charge in [0.1, 0.15) is 0 Å². The summed E-state index contributed by atoms with van der Waals surface area (Å²) in [6.45, 7) is 1.18. The maximum absolute atomic E-state index is 14.7. The Labute approximate surface area is 185 Å². The Hall–Kier alpha value is -2.89. The second-order valence-corrected chi connectivity index (χ2v) is 8.42. The third-order valence-corrected chi connectivity index (χ3v) is 5.71. The molecule has 0 bridgehead atoms. The van der Waals surface area contributed by atoms with E-state index < -0.39 is 11.9 Å². The molecule has 0 aromatic carbocycles. The van der Waals surface area contributed by atoms with Crippen LogP contribution < -0.4 is 27.0 Å². The van der Waals surface area contributed by atoms with Crippen molar-refractivity contribution in [1.29, 1.82) is 0 Å². The van der Waals surface area contributed by atoms with E-state index in [9.17, 15) is 9.18 Å². The summed E-state index contributed by atoms with van der Waals surface area (Å²) in [4.78, 5) is 26.4. The van der Waals surface area contributed by atoms with Gasteiger partial charge in [-0.25, -0.2) is 9.37 Å². The zero-order valence-electron chi connectivity index (χ0n) is 17.7. The summed E-state index contributed by atoms with van der Waals surface area (Å²) < 4.78 is 14.7. The molecule has 11 heteroatoms. The fourth-order valence-corrected chi connectivity index (χ4v) is 3.41. The normalized spacial score (nSPS) is 20.5. The first-order valence-corrected chi connectivity index (χ1v) is 10.8.